The predicted octanol–water partition coefficient (Wildman–Crippen LogP) is 2.29. The Kier molecular flexibility index (Phi) is 6.13. The first-order valence-corrected chi connectivity index (χ1v) is 9.29. The number of primary amides is 1. The average Bonchev–Trinajstić information content (AvgIpc) is 2.73. The fraction of sp³-hybridized carbons (Fsp3) is 0.381. The molecule has 1 fully saturated rings. The lowest BCUT2D eigenvalue weighted by molar-refractivity contribution is 0.0686. The Morgan fingerprint density at radius 3 is 2.32 bits per heavy atom. The van der Waals surface area contributed by atoms with Crippen LogP contribution in [-0.4, -0.2) is 49.0 Å². The first-order valence-electron chi connectivity index (χ1n) is 9.29. The number of amides is 2. The van der Waals surface area contributed by atoms with Crippen LogP contribution in [0.15, 0.2) is 36.4 Å². The lowest BCUT2D eigenvalue weighted by atomic mass is 9.89. The summed E-state index contributed by atoms with van der Waals surface area (Å²) in [7, 11) is 3.02. The van der Waals surface area contributed by atoms with Crippen molar-refractivity contribution in [2.45, 2.75) is 19.3 Å². The summed E-state index contributed by atoms with van der Waals surface area (Å²) in [6.45, 7) is 1.39. The van der Waals surface area contributed by atoms with E-state index in [0.29, 0.717) is 36.0 Å². The second-order valence-electron chi connectivity index (χ2n) is 6.91. The van der Waals surface area contributed by atoms with Gasteiger partial charge in [-0.25, -0.2) is 0 Å². The zero-order valence-corrected chi connectivity index (χ0v) is 16.2. The van der Waals surface area contributed by atoms with Crippen molar-refractivity contribution in [2.75, 3.05) is 27.3 Å². The van der Waals surface area contributed by atoms with Gasteiger partial charge in [-0.3, -0.25) is 9.59 Å². The van der Waals surface area contributed by atoms with Crippen molar-refractivity contribution in [1.29, 1.82) is 0 Å². The molecule has 0 radical (unpaired) electrons. The highest BCUT2D eigenvalue weighted by atomic mass is 16.5. The maximum atomic E-state index is 12.9. The summed E-state index contributed by atoms with van der Waals surface area (Å²) in [4.78, 5) is 30.1. The van der Waals surface area contributed by atoms with E-state index in [9.17, 15) is 9.59 Å². The highest BCUT2D eigenvalue weighted by Crippen LogP contribution is 2.26. The van der Waals surface area contributed by atoms with Gasteiger partial charge in [-0.05, 0) is 48.9 Å². The molecule has 1 saturated heterocycles. The third-order valence-corrected chi connectivity index (χ3v) is 5.13. The second-order valence-corrected chi connectivity index (χ2v) is 6.91. The number of pyridine rings is 1. The number of hydrogen-bond donors (Lipinski definition) is 1. The number of ether oxygens (including phenoxy) is 2. The van der Waals surface area contributed by atoms with Crippen LogP contribution in [0.2, 0.25) is 0 Å². The van der Waals surface area contributed by atoms with E-state index in [1.807, 2.05) is 17.0 Å². The van der Waals surface area contributed by atoms with Crippen molar-refractivity contribution < 1.29 is 19.1 Å². The Balaban J connectivity index is 1.59. The molecule has 2 amide bonds. The minimum atomic E-state index is -0.415. The normalized spacial score (nSPS) is 14.6. The number of carbonyl (C=O) groups is 2. The van der Waals surface area contributed by atoms with Crippen LogP contribution in [0.1, 0.15) is 39.1 Å². The first-order chi connectivity index (χ1) is 13.5. The Morgan fingerprint density at radius 2 is 1.75 bits per heavy atom. The summed E-state index contributed by atoms with van der Waals surface area (Å²) < 4.78 is 10.3. The average molecular weight is 383 g/mol. The van der Waals surface area contributed by atoms with Gasteiger partial charge in [0.05, 0.1) is 14.2 Å². The van der Waals surface area contributed by atoms with Gasteiger partial charge < -0.3 is 20.1 Å². The van der Waals surface area contributed by atoms with E-state index in [4.69, 9.17) is 15.2 Å². The minimum absolute atomic E-state index is 0.0729. The van der Waals surface area contributed by atoms with Gasteiger partial charge in [0.1, 0.15) is 5.56 Å². The molecule has 0 atom stereocenters. The van der Waals surface area contributed by atoms with E-state index in [1.165, 1.54) is 19.8 Å². The summed E-state index contributed by atoms with van der Waals surface area (Å²) in [6.07, 6.45) is 2.78. The minimum Gasteiger partial charge on any atom is -0.481 e. The van der Waals surface area contributed by atoms with Gasteiger partial charge in [0, 0.05) is 24.7 Å². The third-order valence-electron chi connectivity index (χ3n) is 5.13. The maximum absolute atomic E-state index is 12.9. The van der Waals surface area contributed by atoms with Crippen LogP contribution in [0.5, 0.6) is 11.8 Å². The van der Waals surface area contributed by atoms with Crippen LogP contribution in [0, 0.1) is 5.92 Å². The molecule has 2 aromatic rings. The summed E-state index contributed by atoms with van der Waals surface area (Å²) in [5.74, 6) is 0.702. The summed E-state index contributed by atoms with van der Waals surface area (Å²) in [6, 6.07) is 10.8. The molecule has 148 valence electrons. The smallest absolute Gasteiger partial charge is 0.259 e. The van der Waals surface area contributed by atoms with Crippen molar-refractivity contribution in [3.8, 4) is 11.8 Å². The molecule has 3 rings (SSSR count). The number of piperidine rings is 1. The SMILES string of the molecule is COc1ccc(C(=O)N2CCC(Cc3ccc(C(N)=O)cc3)CC2)c(OC)n1. The van der Waals surface area contributed by atoms with Gasteiger partial charge in [-0.15, -0.1) is 0 Å². The molecular weight excluding hydrogens is 358 g/mol. The van der Waals surface area contributed by atoms with Crippen LogP contribution in [0.25, 0.3) is 0 Å². The number of aromatic nitrogens is 1. The van der Waals surface area contributed by atoms with Crippen LogP contribution in [0.3, 0.4) is 0 Å². The van der Waals surface area contributed by atoms with E-state index < -0.39 is 5.91 Å². The van der Waals surface area contributed by atoms with E-state index >= 15 is 0 Å². The van der Waals surface area contributed by atoms with E-state index in [2.05, 4.69) is 4.98 Å². The monoisotopic (exact) mass is 383 g/mol. The number of nitrogens with zero attached hydrogens (tertiary/aromatic N) is 2. The van der Waals surface area contributed by atoms with Gasteiger partial charge in [-0.1, -0.05) is 12.1 Å². The van der Waals surface area contributed by atoms with Crippen LogP contribution in [-0.2, 0) is 6.42 Å². The van der Waals surface area contributed by atoms with Gasteiger partial charge >= 0.3 is 0 Å². The highest BCUT2D eigenvalue weighted by molar-refractivity contribution is 5.96. The Hall–Kier alpha value is -3.09. The molecule has 1 aromatic heterocycles. The molecule has 0 bridgehead atoms. The van der Waals surface area contributed by atoms with Gasteiger partial charge in [-0.2, -0.15) is 4.98 Å². The van der Waals surface area contributed by atoms with Crippen LogP contribution in [0.4, 0.5) is 0 Å². The molecule has 2 heterocycles. The topological polar surface area (TPSA) is 94.8 Å². The van der Waals surface area contributed by atoms with Crippen molar-refractivity contribution in [1.82, 2.24) is 9.88 Å². The van der Waals surface area contributed by atoms with Gasteiger partial charge in [0.25, 0.3) is 5.91 Å². The zero-order chi connectivity index (χ0) is 20.1. The fourth-order valence-corrected chi connectivity index (χ4v) is 3.50. The maximum Gasteiger partial charge on any atom is 0.259 e. The molecule has 0 unspecified atom stereocenters. The van der Waals surface area contributed by atoms with E-state index in [-0.39, 0.29) is 11.8 Å². The molecule has 2 N–H and O–H groups in total. The molecule has 7 nitrogen and oxygen atoms in total. The number of nitrogens with two attached hydrogens (primary N) is 1. The summed E-state index contributed by atoms with van der Waals surface area (Å²) in [5, 5.41) is 0. The Bertz CT molecular complexity index is 843. The Morgan fingerprint density at radius 1 is 1.07 bits per heavy atom. The summed E-state index contributed by atoms with van der Waals surface area (Å²) in [5.41, 5.74) is 7.42. The van der Waals surface area contributed by atoms with Crippen molar-refractivity contribution in [3.05, 3.63) is 53.1 Å². The lowest BCUT2D eigenvalue weighted by Crippen LogP contribution is -2.39. The molecule has 1 aliphatic heterocycles. The zero-order valence-electron chi connectivity index (χ0n) is 16.2. The molecule has 0 aliphatic carbocycles. The van der Waals surface area contributed by atoms with Crippen molar-refractivity contribution in [3.63, 3.8) is 0 Å². The Labute approximate surface area is 164 Å². The standard InChI is InChI=1S/C21H25N3O4/c1-27-18-8-7-17(20(23-18)28-2)21(26)24-11-9-15(10-12-24)13-14-3-5-16(6-4-14)19(22)25/h3-8,15H,9-13H2,1-2H3,(H2,22,25). The summed E-state index contributed by atoms with van der Waals surface area (Å²) >= 11 is 0. The fourth-order valence-electron chi connectivity index (χ4n) is 3.50. The second kappa shape index (κ2) is 8.73. The molecule has 0 spiro atoms. The number of hydrogen-bond acceptors (Lipinski definition) is 5. The number of methoxy groups -OCH3 is 2. The van der Waals surface area contributed by atoms with Crippen LogP contribution < -0.4 is 15.2 Å². The first kappa shape index (κ1) is 19.7. The predicted molar refractivity (Wildman–Crippen MR) is 105 cm³/mol. The van der Waals surface area contributed by atoms with E-state index in [0.717, 1.165) is 19.3 Å². The lowest BCUT2D eigenvalue weighted by Gasteiger charge is -2.32. The number of rotatable bonds is 6. The number of carbonyl (C=O) groups excluding carboxylic acids is 2. The quantitative estimate of drug-likeness (QED) is 0.826. The number of likely N-dealkylation sites (tertiary alicyclic amines) is 1. The molecular formula is C21H25N3O4. The van der Waals surface area contributed by atoms with Gasteiger partial charge in [0.15, 0.2) is 0 Å². The molecule has 1 aromatic carbocycles. The van der Waals surface area contributed by atoms with Gasteiger partial charge in [0.2, 0.25) is 17.7 Å². The van der Waals surface area contributed by atoms with Crippen molar-refractivity contribution in [2.24, 2.45) is 11.7 Å². The van der Waals surface area contributed by atoms with Crippen molar-refractivity contribution >= 4 is 11.8 Å². The molecule has 7 heteroatoms. The molecule has 1 aliphatic rings. The van der Waals surface area contributed by atoms with Crippen LogP contribution >= 0.6 is 0 Å². The number of benzene rings is 1. The largest absolute Gasteiger partial charge is 0.481 e. The third kappa shape index (κ3) is 4.42. The highest BCUT2D eigenvalue weighted by Gasteiger charge is 2.26. The molecule has 0 saturated carbocycles. The van der Waals surface area contributed by atoms with E-state index in [1.54, 1.807) is 24.3 Å². The molecule has 28 heavy (non-hydrogen) atoms.